The molecule has 0 saturated carbocycles. The van der Waals surface area contributed by atoms with E-state index in [9.17, 15) is 0 Å². The fourth-order valence-corrected chi connectivity index (χ4v) is 2.39. The molecule has 0 unspecified atom stereocenters. The molecule has 0 radical (unpaired) electrons. The van der Waals surface area contributed by atoms with Crippen molar-refractivity contribution in [3.05, 3.63) is 64.9 Å². The number of rotatable bonds is 2. The minimum Gasteiger partial charge on any atom is -0.344 e. The molecule has 3 aromatic rings. The molecular weight excluding hydrogens is 279 g/mol. The first-order chi connectivity index (χ1) is 9.24. The number of H-pyrrole nitrogens is 1. The lowest BCUT2D eigenvalue weighted by Crippen LogP contribution is -1.84. The van der Waals surface area contributed by atoms with Gasteiger partial charge in [-0.15, -0.1) is 0 Å². The molecule has 1 heterocycles. The molecule has 0 aliphatic heterocycles. The molecule has 0 spiro atoms. The van der Waals surface area contributed by atoms with E-state index in [0.29, 0.717) is 10.0 Å². The minimum absolute atomic E-state index is 0.692. The van der Waals surface area contributed by atoms with Crippen LogP contribution in [0.1, 0.15) is 0 Å². The smallest absolute Gasteiger partial charge is 0.0961 e. The van der Waals surface area contributed by atoms with Crippen molar-refractivity contribution in [3.63, 3.8) is 0 Å². The van der Waals surface area contributed by atoms with Crippen LogP contribution in [0, 0.1) is 0 Å². The van der Waals surface area contributed by atoms with Gasteiger partial charge in [0.25, 0.3) is 0 Å². The van der Waals surface area contributed by atoms with E-state index in [4.69, 9.17) is 23.2 Å². The van der Waals surface area contributed by atoms with Gasteiger partial charge in [-0.25, -0.2) is 4.98 Å². The lowest BCUT2D eigenvalue weighted by atomic mass is 10.1. The van der Waals surface area contributed by atoms with Gasteiger partial charge in [0.1, 0.15) is 0 Å². The molecule has 19 heavy (non-hydrogen) atoms. The number of halogens is 2. The van der Waals surface area contributed by atoms with Crippen LogP contribution < -0.4 is 0 Å². The van der Waals surface area contributed by atoms with E-state index in [2.05, 4.69) is 9.97 Å². The van der Waals surface area contributed by atoms with Crippen LogP contribution in [-0.4, -0.2) is 9.97 Å². The zero-order valence-corrected chi connectivity index (χ0v) is 11.4. The van der Waals surface area contributed by atoms with E-state index in [1.54, 1.807) is 6.33 Å². The Balaban J connectivity index is 2.13. The van der Waals surface area contributed by atoms with Gasteiger partial charge in [0.05, 0.1) is 17.7 Å². The van der Waals surface area contributed by atoms with Crippen LogP contribution in [0.2, 0.25) is 10.0 Å². The fraction of sp³-hybridized carbons (Fsp3) is 0. The number of imidazole rings is 1. The normalized spacial score (nSPS) is 10.6. The van der Waals surface area contributed by atoms with Crippen LogP contribution in [0.5, 0.6) is 0 Å². The van der Waals surface area contributed by atoms with Gasteiger partial charge in [0.2, 0.25) is 0 Å². The summed E-state index contributed by atoms with van der Waals surface area (Å²) in [6.07, 6.45) is 1.67. The highest BCUT2D eigenvalue weighted by Crippen LogP contribution is 2.31. The van der Waals surface area contributed by atoms with Crippen LogP contribution in [0.15, 0.2) is 54.9 Å². The van der Waals surface area contributed by atoms with E-state index < -0.39 is 0 Å². The maximum Gasteiger partial charge on any atom is 0.0961 e. The van der Waals surface area contributed by atoms with Crippen molar-refractivity contribution in [2.75, 3.05) is 0 Å². The lowest BCUT2D eigenvalue weighted by Gasteiger charge is -2.04. The first kappa shape index (κ1) is 12.3. The van der Waals surface area contributed by atoms with Gasteiger partial charge < -0.3 is 4.98 Å². The summed E-state index contributed by atoms with van der Waals surface area (Å²) in [5.41, 5.74) is 3.78. The molecule has 4 heteroatoms. The number of nitrogens with one attached hydrogen (secondary N) is 1. The molecule has 0 atom stereocenters. The Morgan fingerprint density at radius 3 is 2.16 bits per heavy atom. The van der Waals surface area contributed by atoms with Crippen molar-refractivity contribution in [1.29, 1.82) is 0 Å². The Labute approximate surface area is 121 Å². The molecule has 94 valence electrons. The number of hydrogen-bond acceptors (Lipinski definition) is 1. The third-order valence-electron chi connectivity index (χ3n) is 2.85. The highest BCUT2D eigenvalue weighted by Gasteiger charge is 2.10. The topological polar surface area (TPSA) is 28.7 Å². The Kier molecular flexibility index (Phi) is 3.28. The molecule has 0 bridgehead atoms. The molecule has 0 aliphatic rings. The third-order valence-corrected chi connectivity index (χ3v) is 3.32. The number of hydrogen-bond donors (Lipinski definition) is 1. The lowest BCUT2D eigenvalue weighted by molar-refractivity contribution is 1.31. The number of aromatic nitrogens is 2. The van der Waals surface area contributed by atoms with E-state index in [1.165, 1.54) is 0 Å². The van der Waals surface area contributed by atoms with Gasteiger partial charge in [0, 0.05) is 21.2 Å². The van der Waals surface area contributed by atoms with Gasteiger partial charge in [-0.2, -0.15) is 0 Å². The second-order valence-electron chi connectivity index (χ2n) is 4.15. The summed E-state index contributed by atoms with van der Waals surface area (Å²) in [5.74, 6) is 0. The third kappa shape index (κ3) is 2.50. The van der Waals surface area contributed by atoms with Gasteiger partial charge in [-0.1, -0.05) is 47.5 Å². The van der Waals surface area contributed by atoms with Gasteiger partial charge >= 0.3 is 0 Å². The summed E-state index contributed by atoms with van der Waals surface area (Å²) in [6.45, 7) is 0. The number of benzene rings is 2. The van der Waals surface area contributed by atoms with Crippen molar-refractivity contribution >= 4 is 23.2 Å². The number of nitrogens with zero attached hydrogens (tertiary/aromatic N) is 1. The maximum absolute atomic E-state index is 6.03. The monoisotopic (exact) mass is 288 g/mol. The van der Waals surface area contributed by atoms with Crippen molar-refractivity contribution < 1.29 is 0 Å². The van der Waals surface area contributed by atoms with Crippen molar-refractivity contribution in [2.45, 2.75) is 0 Å². The summed E-state index contributed by atoms with van der Waals surface area (Å²) in [6, 6.07) is 15.3. The fourth-order valence-electron chi connectivity index (χ4n) is 2.01. The first-order valence-corrected chi connectivity index (χ1v) is 6.55. The average Bonchev–Trinajstić information content (AvgIpc) is 2.88. The van der Waals surface area contributed by atoms with E-state index in [0.717, 1.165) is 22.5 Å². The molecule has 0 saturated heterocycles. The molecule has 0 amide bonds. The second kappa shape index (κ2) is 5.08. The summed E-state index contributed by atoms with van der Waals surface area (Å²) < 4.78 is 0. The van der Waals surface area contributed by atoms with Crippen molar-refractivity contribution in [1.82, 2.24) is 9.97 Å². The predicted octanol–water partition coefficient (Wildman–Crippen LogP) is 5.05. The van der Waals surface area contributed by atoms with Crippen LogP contribution >= 0.6 is 23.2 Å². The predicted molar refractivity (Wildman–Crippen MR) is 79.5 cm³/mol. The molecule has 2 nitrogen and oxygen atoms in total. The minimum atomic E-state index is 0.692. The highest BCUT2D eigenvalue weighted by atomic mass is 35.5. The first-order valence-electron chi connectivity index (χ1n) is 5.79. The summed E-state index contributed by atoms with van der Waals surface area (Å²) >= 11 is 12.1. The Morgan fingerprint density at radius 2 is 1.47 bits per heavy atom. The maximum atomic E-state index is 6.03. The molecule has 0 fully saturated rings. The van der Waals surface area contributed by atoms with Crippen LogP contribution in [-0.2, 0) is 0 Å². The van der Waals surface area contributed by atoms with E-state index in [-0.39, 0.29) is 0 Å². The average molecular weight is 289 g/mol. The number of aromatic amines is 1. The summed E-state index contributed by atoms with van der Waals surface area (Å²) in [5, 5.41) is 1.39. The van der Waals surface area contributed by atoms with Gasteiger partial charge in [-0.3, -0.25) is 0 Å². The molecular formula is C15H10Cl2N2. The van der Waals surface area contributed by atoms with E-state index >= 15 is 0 Å². The van der Waals surface area contributed by atoms with Gasteiger partial charge in [-0.05, 0) is 24.3 Å². The zero-order valence-electron chi connectivity index (χ0n) is 9.90. The van der Waals surface area contributed by atoms with Crippen LogP contribution in [0.4, 0.5) is 0 Å². The quantitative estimate of drug-likeness (QED) is 0.702. The molecule has 1 N–H and O–H groups in total. The van der Waals surface area contributed by atoms with Crippen molar-refractivity contribution in [2.24, 2.45) is 0 Å². The standard InChI is InChI=1S/C15H10Cl2N2/c16-12-5-1-3-10(7-12)14-15(19-9-18-14)11-4-2-6-13(17)8-11/h1-9H,(H,18,19). The SMILES string of the molecule is Clc1cccc(-c2nc[nH]c2-c2cccc(Cl)c2)c1. The van der Waals surface area contributed by atoms with E-state index in [1.807, 2.05) is 48.5 Å². The summed E-state index contributed by atoms with van der Waals surface area (Å²) in [4.78, 5) is 7.53. The largest absolute Gasteiger partial charge is 0.344 e. The molecule has 2 aromatic carbocycles. The summed E-state index contributed by atoms with van der Waals surface area (Å²) in [7, 11) is 0. The zero-order chi connectivity index (χ0) is 13.2. The van der Waals surface area contributed by atoms with Crippen LogP contribution in [0.25, 0.3) is 22.5 Å². The molecule has 3 rings (SSSR count). The Morgan fingerprint density at radius 1 is 0.842 bits per heavy atom. The van der Waals surface area contributed by atoms with Crippen LogP contribution in [0.3, 0.4) is 0 Å². The Bertz CT molecular complexity index is 659. The molecule has 1 aromatic heterocycles. The Hall–Kier alpha value is -1.77. The van der Waals surface area contributed by atoms with Crippen molar-refractivity contribution in [3.8, 4) is 22.5 Å². The highest BCUT2D eigenvalue weighted by molar-refractivity contribution is 6.31. The van der Waals surface area contributed by atoms with Gasteiger partial charge in [0.15, 0.2) is 0 Å². The second-order valence-corrected chi connectivity index (χ2v) is 5.02. The molecule has 0 aliphatic carbocycles.